The fraction of sp³-hybridized carbons (Fsp3) is 0.600. The van der Waals surface area contributed by atoms with Gasteiger partial charge in [0, 0.05) is 35.4 Å². The number of methoxy groups -OCH3 is 1. The van der Waals surface area contributed by atoms with Gasteiger partial charge in [0.25, 0.3) is 0 Å². The predicted octanol–water partition coefficient (Wildman–Crippen LogP) is 4.11. The lowest BCUT2D eigenvalue weighted by Gasteiger charge is -2.15. The first-order chi connectivity index (χ1) is 9.31. The van der Waals surface area contributed by atoms with Crippen molar-refractivity contribution in [2.75, 3.05) is 20.3 Å². The molecule has 1 aromatic rings. The zero-order valence-electron chi connectivity index (χ0n) is 11.5. The Morgan fingerprint density at radius 1 is 1.37 bits per heavy atom. The Kier molecular flexibility index (Phi) is 6.51. The summed E-state index contributed by atoms with van der Waals surface area (Å²) < 4.78 is 5.05. The van der Waals surface area contributed by atoms with E-state index in [0.29, 0.717) is 0 Å². The lowest BCUT2D eigenvalue weighted by atomic mass is 10.2. The first-order valence-corrected chi connectivity index (χ1v) is 8.20. The van der Waals surface area contributed by atoms with Gasteiger partial charge in [0.2, 0.25) is 0 Å². The highest BCUT2D eigenvalue weighted by molar-refractivity contribution is 8.00. The van der Waals surface area contributed by atoms with Gasteiger partial charge in [-0.15, -0.1) is 11.8 Å². The van der Waals surface area contributed by atoms with Gasteiger partial charge in [-0.3, -0.25) is 0 Å². The van der Waals surface area contributed by atoms with Crippen molar-refractivity contribution in [2.45, 2.75) is 42.4 Å². The SMILES string of the molecule is COCCNCc1c(Cl)cccc1SC1CCCC1. The summed E-state index contributed by atoms with van der Waals surface area (Å²) in [5, 5.41) is 5.03. The van der Waals surface area contributed by atoms with Crippen LogP contribution in [0, 0.1) is 0 Å². The summed E-state index contributed by atoms with van der Waals surface area (Å²) in [7, 11) is 1.72. The number of nitrogens with one attached hydrogen (secondary N) is 1. The summed E-state index contributed by atoms with van der Waals surface area (Å²) in [5.41, 5.74) is 1.23. The summed E-state index contributed by atoms with van der Waals surface area (Å²) in [4.78, 5) is 1.34. The van der Waals surface area contributed by atoms with Crippen LogP contribution in [0.1, 0.15) is 31.2 Å². The Labute approximate surface area is 125 Å². The summed E-state index contributed by atoms with van der Waals surface area (Å²) >= 11 is 8.34. The van der Waals surface area contributed by atoms with Crippen LogP contribution in [0.25, 0.3) is 0 Å². The molecule has 0 amide bonds. The maximum Gasteiger partial charge on any atom is 0.0587 e. The second-order valence-electron chi connectivity index (χ2n) is 4.91. The van der Waals surface area contributed by atoms with E-state index in [1.807, 2.05) is 17.8 Å². The largest absolute Gasteiger partial charge is 0.383 e. The third-order valence-corrected chi connectivity index (χ3v) is 5.25. The van der Waals surface area contributed by atoms with Crippen LogP contribution in [0.2, 0.25) is 5.02 Å². The molecule has 1 aliphatic carbocycles. The molecule has 0 radical (unpaired) electrons. The van der Waals surface area contributed by atoms with Gasteiger partial charge in [0.15, 0.2) is 0 Å². The summed E-state index contributed by atoms with van der Waals surface area (Å²) in [6.45, 7) is 2.41. The number of hydrogen-bond acceptors (Lipinski definition) is 3. The van der Waals surface area contributed by atoms with Gasteiger partial charge in [-0.2, -0.15) is 0 Å². The molecule has 0 spiro atoms. The molecule has 0 saturated heterocycles. The van der Waals surface area contributed by atoms with E-state index in [2.05, 4.69) is 17.4 Å². The topological polar surface area (TPSA) is 21.3 Å². The van der Waals surface area contributed by atoms with Crippen molar-refractivity contribution in [3.8, 4) is 0 Å². The van der Waals surface area contributed by atoms with E-state index < -0.39 is 0 Å². The van der Waals surface area contributed by atoms with E-state index in [0.717, 1.165) is 30.0 Å². The number of benzene rings is 1. The fourth-order valence-electron chi connectivity index (χ4n) is 2.39. The Balaban J connectivity index is 1.98. The molecule has 2 rings (SSSR count). The first-order valence-electron chi connectivity index (χ1n) is 6.95. The lowest BCUT2D eigenvalue weighted by Crippen LogP contribution is -2.19. The molecule has 0 heterocycles. The number of hydrogen-bond donors (Lipinski definition) is 1. The number of rotatable bonds is 7. The lowest BCUT2D eigenvalue weighted by molar-refractivity contribution is 0.199. The number of ether oxygens (including phenoxy) is 1. The Bertz CT molecular complexity index is 394. The van der Waals surface area contributed by atoms with E-state index in [-0.39, 0.29) is 0 Å². The van der Waals surface area contributed by atoms with Crippen molar-refractivity contribution in [3.05, 3.63) is 28.8 Å². The molecule has 2 nitrogen and oxygen atoms in total. The zero-order chi connectivity index (χ0) is 13.5. The average molecular weight is 300 g/mol. The average Bonchev–Trinajstić information content (AvgIpc) is 2.90. The van der Waals surface area contributed by atoms with Gasteiger partial charge in [-0.1, -0.05) is 30.5 Å². The molecule has 0 aromatic heterocycles. The Morgan fingerprint density at radius 3 is 2.89 bits per heavy atom. The molecule has 1 N–H and O–H groups in total. The minimum absolute atomic E-state index is 0.732. The van der Waals surface area contributed by atoms with Crippen LogP contribution >= 0.6 is 23.4 Å². The van der Waals surface area contributed by atoms with Crippen LogP contribution in [-0.2, 0) is 11.3 Å². The molecule has 0 atom stereocenters. The Hall–Kier alpha value is -0.220. The molecule has 0 aliphatic heterocycles. The minimum atomic E-state index is 0.732. The number of halogens is 1. The van der Waals surface area contributed by atoms with Crippen LogP contribution < -0.4 is 5.32 Å². The second-order valence-corrected chi connectivity index (χ2v) is 6.66. The quantitative estimate of drug-likeness (QED) is 0.766. The van der Waals surface area contributed by atoms with E-state index in [4.69, 9.17) is 16.3 Å². The van der Waals surface area contributed by atoms with Crippen LogP contribution in [0.3, 0.4) is 0 Å². The summed E-state index contributed by atoms with van der Waals surface area (Å²) in [6.07, 6.45) is 5.43. The highest BCUT2D eigenvalue weighted by Gasteiger charge is 2.18. The van der Waals surface area contributed by atoms with Gasteiger partial charge < -0.3 is 10.1 Å². The van der Waals surface area contributed by atoms with Crippen molar-refractivity contribution in [2.24, 2.45) is 0 Å². The van der Waals surface area contributed by atoms with E-state index in [9.17, 15) is 0 Å². The third-order valence-electron chi connectivity index (χ3n) is 3.46. The molecule has 1 fully saturated rings. The number of thioether (sulfide) groups is 1. The summed E-state index contributed by atoms with van der Waals surface area (Å²) in [5.74, 6) is 0. The minimum Gasteiger partial charge on any atom is -0.383 e. The van der Waals surface area contributed by atoms with Crippen molar-refractivity contribution >= 4 is 23.4 Å². The summed E-state index contributed by atoms with van der Waals surface area (Å²) in [6, 6.07) is 6.23. The van der Waals surface area contributed by atoms with E-state index in [1.54, 1.807) is 7.11 Å². The van der Waals surface area contributed by atoms with Crippen molar-refractivity contribution in [1.82, 2.24) is 5.32 Å². The molecule has 106 valence electrons. The standard InChI is InChI=1S/C15H22ClNOS/c1-18-10-9-17-11-13-14(16)7-4-8-15(13)19-12-5-2-3-6-12/h4,7-8,12,17H,2-3,5-6,9-11H2,1H3. The molecular weight excluding hydrogens is 278 g/mol. The fourth-order valence-corrected chi connectivity index (χ4v) is 4.10. The highest BCUT2D eigenvalue weighted by Crippen LogP contribution is 2.37. The maximum atomic E-state index is 6.34. The van der Waals surface area contributed by atoms with Crippen molar-refractivity contribution in [3.63, 3.8) is 0 Å². The van der Waals surface area contributed by atoms with Crippen molar-refractivity contribution < 1.29 is 4.74 Å². The predicted molar refractivity (Wildman–Crippen MR) is 83.1 cm³/mol. The van der Waals surface area contributed by atoms with E-state index in [1.165, 1.54) is 36.1 Å². The molecule has 0 unspecified atom stereocenters. The van der Waals surface area contributed by atoms with Gasteiger partial charge in [-0.05, 0) is 30.5 Å². The molecule has 19 heavy (non-hydrogen) atoms. The second kappa shape index (κ2) is 8.15. The van der Waals surface area contributed by atoms with Crippen molar-refractivity contribution in [1.29, 1.82) is 0 Å². The smallest absolute Gasteiger partial charge is 0.0587 e. The molecule has 1 aromatic carbocycles. The van der Waals surface area contributed by atoms with Gasteiger partial charge in [-0.25, -0.2) is 0 Å². The molecule has 0 bridgehead atoms. The van der Waals surface area contributed by atoms with Gasteiger partial charge in [0.05, 0.1) is 6.61 Å². The normalized spacial score (nSPS) is 16.1. The molecular formula is C15H22ClNOS. The molecule has 1 saturated carbocycles. The van der Waals surface area contributed by atoms with Crippen LogP contribution in [0.4, 0.5) is 0 Å². The highest BCUT2D eigenvalue weighted by atomic mass is 35.5. The van der Waals surface area contributed by atoms with Crippen LogP contribution in [0.5, 0.6) is 0 Å². The first kappa shape index (κ1) is 15.2. The zero-order valence-corrected chi connectivity index (χ0v) is 13.0. The Morgan fingerprint density at radius 2 is 2.16 bits per heavy atom. The van der Waals surface area contributed by atoms with Crippen LogP contribution in [-0.4, -0.2) is 25.5 Å². The maximum absolute atomic E-state index is 6.34. The van der Waals surface area contributed by atoms with Gasteiger partial charge >= 0.3 is 0 Å². The van der Waals surface area contributed by atoms with Gasteiger partial charge in [0.1, 0.15) is 0 Å². The van der Waals surface area contributed by atoms with E-state index >= 15 is 0 Å². The molecule has 4 heteroatoms. The monoisotopic (exact) mass is 299 g/mol. The third kappa shape index (κ3) is 4.67. The molecule has 1 aliphatic rings. The van der Waals surface area contributed by atoms with Crippen LogP contribution in [0.15, 0.2) is 23.1 Å².